The van der Waals surface area contributed by atoms with Crippen LogP contribution in [0.15, 0.2) is 18.2 Å². The van der Waals surface area contributed by atoms with Crippen LogP contribution in [0.1, 0.15) is 10.4 Å². The molecule has 0 atom stereocenters. The quantitative estimate of drug-likeness (QED) is 0.592. The van der Waals surface area contributed by atoms with Crippen molar-refractivity contribution in [2.45, 2.75) is 0 Å². The third-order valence-corrected chi connectivity index (χ3v) is 2.20. The summed E-state index contributed by atoms with van der Waals surface area (Å²) in [6, 6.07) is 2.66. The van der Waals surface area contributed by atoms with E-state index in [9.17, 15) is 25.0 Å². The molecule has 2 N–H and O–H groups in total. The Morgan fingerprint density at radius 3 is 2.55 bits per heavy atom. The third kappa shape index (κ3) is 2.53. The number of carbonyl (C=O) groups is 1. The van der Waals surface area contributed by atoms with E-state index in [-0.39, 0.29) is 11.5 Å². The third-order valence-electron chi connectivity index (χ3n) is 2.20. The summed E-state index contributed by atoms with van der Waals surface area (Å²) in [5, 5.41) is 35.7. The zero-order chi connectivity index (χ0) is 14.7. The maximum absolute atomic E-state index is 11.8. The first-order valence-corrected chi connectivity index (χ1v) is 4.96. The van der Waals surface area contributed by atoms with Gasteiger partial charge in [0.15, 0.2) is 0 Å². The highest BCUT2D eigenvalue weighted by Crippen LogP contribution is 2.25. The van der Waals surface area contributed by atoms with Crippen LogP contribution < -0.4 is 5.32 Å². The van der Waals surface area contributed by atoms with Gasteiger partial charge >= 0.3 is 0 Å². The molecule has 0 aliphatic carbocycles. The Bertz CT molecular complexity index is 683. The van der Waals surface area contributed by atoms with Crippen molar-refractivity contribution in [2.75, 3.05) is 5.32 Å². The second kappa shape index (κ2) is 5.05. The monoisotopic (exact) mass is 279 g/mol. The van der Waals surface area contributed by atoms with Gasteiger partial charge in [-0.15, -0.1) is 5.10 Å². The number of hydrogen-bond donors (Lipinski definition) is 2. The minimum Gasteiger partial charge on any atom is -0.288 e. The zero-order valence-electron chi connectivity index (χ0n) is 9.51. The number of carbonyl (C=O) groups excluding carboxylic acids is 1. The molecule has 102 valence electrons. The maximum atomic E-state index is 11.8. The predicted octanol–water partition coefficient (Wildman–Crippen LogP) is 0.268. The number of nitrogens with one attached hydrogen (secondary N) is 2. The molecule has 2 aromatic rings. The van der Waals surface area contributed by atoms with Crippen molar-refractivity contribution in [2.24, 2.45) is 0 Å². The summed E-state index contributed by atoms with van der Waals surface area (Å²) in [6.07, 6.45) is 0. The number of rotatable bonds is 4. The largest absolute Gasteiger partial charge is 0.289 e. The van der Waals surface area contributed by atoms with Crippen LogP contribution in [0.5, 0.6) is 0 Å². The van der Waals surface area contributed by atoms with Crippen LogP contribution in [0.25, 0.3) is 0 Å². The highest BCUT2D eigenvalue weighted by Gasteiger charge is 2.24. The number of hydrogen-bond acceptors (Lipinski definition) is 8. The number of nitro benzene ring substituents is 2. The van der Waals surface area contributed by atoms with Gasteiger partial charge < -0.3 is 0 Å². The van der Waals surface area contributed by atoms with Gasteiger partial charge in [-0.1, -0.05) is 5.10 Å². The molecular weight excluding hydrogens is 274 g/mol. The fourth-order valence-electron chi connectivity index (χ4n) is 1.36. The van der Waals surface area contributed by atoms with Gasteiger partial charge in [0, 0.05) is 6.07 Å². The lowest BCUT2D eigenvalue weighted by molar-refractivity contribution is -0.394. The van der Waals surface area contributed by atoms with Gasteiger partial charge in [0.25, 0.3) is 23.2 Å². The van der Waals surface area contributed by atoms with Crippen molar-refractivity contribution in [3.05, 3.63) is 44.0 Å². The lowest BCUT2D eigenvalue weighted by Gasteiger charge is -2.02. The van der Waals surface area contributed by atoms with Crippen molar-refractivity contribution in [3.8, 4) is 0 Å². The minimum absolute atomic E-state index is 0.178. The van der Waals surface area contributed by atoms with E-state index in [2.05, 4.69) is 25.9 Å². The summed E-state index contributed by atoms with van der Waals surface area (Å²) in [5.41, 5.74) is -1.54. The Morgan fingerprint density at radius 1 is 1.25 bits per heavy atom. The van der Waals surface area contributed by atoms with Gasteiger partial charge in [0.1, 0.15) is 5.56 Å². The molecular formula is C8H5N7O5. The zero-order valence-corrected chi connectivity index (χ0v) is 9.51. The summed E-state index contributed by atoms with van der Waals surface area (Å²) in [7, 11) is 0. The van der Waals surface area contributed by atoms with Gasteiger partial charge in [-0.25, -0.2) is 0 Å². The van der Waals surface area contributed by atoms with Crippen molar-refractivity contribution in [1.82, 2.24) is 20.6 Å². The fraction of sp³-hybridized carbons (Fsp3) is 0. The highest BCUT2D eigenvalue weighted by molar-refractivity contribution is 6.06. The fourth-order valence-corrected chi connectivity index (χ4v) is 1.36. The van der Waals surface area contributed by atoms with Gasteiger partial charge in [0.2, 0.25) is 0 Å². The molecule has 0 aliphatic rings. The number of non-ortho nitro benzene ring substituents is 1. The van der Waals surface area contributed by atoms with Crippen LogP contribution in [0.4, 0.5) is 17.3 Å². The molecule has 12 nitrogen and oxygen atoms in total. The van der Waals surface area contributed by atoms with E-state index < -0.39 is 27.1 Å². The molecule has 0 saturated heterocycles. The average Bonchev–Trinajstić information content (AvgIpc) is 2.90. The molecule has 12 heteroatoms. The molecule has 2 rings (SSSR count). The van der Waals surface area contributed by atoms with Crippen LogP contribution in [0.2, 0.25) is 0 Å². The lowest BCUT2D eigenvalue weighted by Crippen LogP contribution is -2.15. The van der Waals surface area contributed by atoms with E-state index in [1.807, 2.05) is 0 Å². The van der Waals surface area contributed by atoms with Gasteiger partial charge in [-0.3, -0.25) is 30.3 Å². The van der Waals surface area contributed by atoms with Gasteiger partial charge in [-0.05, 0) is 11.3 Å². The molecule has 0 radical (unpaired) electrons. The normalized spacial score (nSPS) is 10.0. The van der Waals surface area contributed by atoms with E-state index in [4.69, 9.17) is 0 Å². The summed E-state index contributed by atoms with van der Waals surface area (Å²) in [4.78, 5) is 31.5. The van der Waals surface area contributed by atoms with E-state index in [1.165, 1.54) is 0 Å². The SMILES string of the molecule is O=C(Nc1nn[nH]n1)c1ccc([N+](=O)[O-])cc1[N+](=O)[O-]. The Morgan fingerprint density at radius 2 is 2.00 bits per heavy atom. The molecule has 1 heterocycles. The van der Waals surface area contributed by atoms with Crippen LogP contribution in [-0.4, -0.2) is 36.4 Å². The molecule has 0 bridgehead atoms. The van der Waals surface area contributed by atoms with Crippen molar-refractivity contribution in [3.63, 3.8) is 0 Å². The molecule has 0 unspecified atom stereocenters. The Kier molecular flexibility index (Phi) is 3.28. The lowest BCUT2D eigenvalue weighted by atomic mass is 10.1. The number of aromatic amines is 1. The smallest absolute Gasteiger partial charge is 0.288 e. The Labute approximate surface area is 109 Å². The molecule has 0 aliphatic heterocycles. The molecule has 0 saturated carbocycles. The Balaban J connectivity index is 2.37. The van der Waals surface area contributed by atoms with Crippen LogP contribution >= 0.6 is 0 Å². The molecule has 1 aromatic carbocycles. The van der Waals surface area contributed by atoms with Crippen molar-refractivity contribution < 1.29 is 14.6 Å². The van der Waals surface area contributed by atoms with Crippen molar-refractivity contribution in [1.29, 1.82) is 0 Å². The summed E-state index contributed by atoms with van der Waals surface area (Å²) in [6.45, 7) is 0. The molecule has 0 fully saturated rings. The van der Waals surface area contributed by atoms with Crippen LogP contribution in [0.3, 0.4) is 0 Å². The highest BCUT2D eigenvalue weighted by atomic mass is 16.6. The molecule has 1 amide bonds. The topological polar surface area (TPSA) is 170 Å². The first-order valence-electron chi connectivity index (χ1n) is 4.96. The number of anilines is 1. The van der Waals surface area contributed by atoms with E-state index in [1.54, 1.807) is 0 Å². The number of nitro groups is 2. The molecule has 20 heavy (non-hydrogen) atoms. The standard InChI is InChI=1S/C8H5N7O5/c16-7(9-8-10-12-13-11-8)5-2-1-4(14(17)18)3-6(5)15(19)20/h1-3H,(H2,9,10,11,12,13,16). The summed E-state index contributed by atoms with van der Waals surface area (Å²) >= 11 is 0. The van der Waals surface area contributed by atoms with E-state index in [0.29, 0.717) is 6.07 Å². The van der Waals surface area contributed by atoms with Crippen LogP contribution in [-0.2, 0) is 0 Å². The second-order valence-corrected chi connectivity index (χ2v) is 3.41. The first kappa shape index (κ1) is 13.0. The number of nitrogens with zero attached hydrogens (tertiary/aromatic N) is 5. The number of benzene rings is 1. The summed E-state index contributed by atoms with van der Waals surface area (Å²) < 4.78 is 0. The van der Waals surface area contributed by atoms with Gasteiger partial charge in [-0.2, -0.15) is 5.21 Å². The number of H-pyrrole nitrogens is 1. The Hall–Kier alpha value is -3.44. The van der Waals surface area contributed by atoms with Gasteiger partial charge in [0.05, 0.1) is 15.9 Å². The van der Waals surface area contributed by atoms with E-state index >= 15 is 0 Å². The van der Waals surface area contributed by atoms with Crippen molar-refractivity contribution >= 4 is 23.2 Å². The number of amides is 1. The predicted molar refractivity (Wildman–Crippen MR) is 61.9 cm³/mol. The van der Waals surface area contributed by atoms with E-state index in [0.717, 1.165) is 12.1 Å². The number of tetrazole rings is 1. The molecule has 1 aromatic heterocycles. The minimum atomic E-state index is -0.891. The average molecular weight is 279 g/mol. The second-order valence-electron chi connectivity index (χ2n) is 3.41. The summed E-state index contributed by atoms with van der Waals surface area (Å²) in [5.74, 6) is -1.06. The maximum Gasteiger partial charge on any atom is 0.289 e. The number of aromatic nitrogens is 4. The first-order chi connectivity index (χ1) is 9.49. The molecule has 0 spiro atoms. The van der Waals surface area contributed by atoms with Crippen LogP contribution in [0, 0.1) is 20.2 Å².